The van der Waals surface area contributed by atoms with Crippen LogP contribution in [0.2, 0.25) is 0 Å². The predicted molar refractivity (Wildman–Crippen MR) is 249 cm³/mol. The second-order valence-corrected chi connectivity index (χ2v) is 23.0. The van der Waals surface area contributed by atoms with Gasteiger partial charge >= 0.3 is 13.5 Å². The van der Waals surface area contributed by atoms with Crippen molar-refractivity contribution in [2.24, 2.45) is 0 Å². The third kappa shape index (κ3) is 9.92. The number of benzene rings is 3. The van der Waals surface area contributed by atoms with E-state index in [4.69, 9.17) is 9.26 Å². The molecule has 3 saturated heterocycles. The summed E-state index contributed by atoms with van der Waals surface area (Å²) < 4.78 is 70.5. The molecule has 0 radical (unpaired) electrons. The molecule has 2 N–H and O–H groups in total. The lowest BCUT2D eigenvalue weighted by Gasteiger charge is -2.47. The van der Waals surface area contributed by atoms with Gasteiger partial charge in [0.2, 0.25) is 23.6 Å². The topological polar surface area (TPSA) is 138 Å². The zero-order chi connectivity index (χ0) is 47.3. The van der Waals surface area contributed by atoms with Gasteiger partial charge in [0.15, 0.2) is 0 Å². The van der Waals surface area contributed by atoms with Gasteiger partial charge in [0.05, 0.1) is 11.9 Å². The van der Waals surface area contributed by atoms with E-state index in [1.165, 1.54) is 42.4 Å². The van der Waals surface area contributed by atoms with E-state index >= 15 is 4.39 Å². The number of ether oxygens (including phenoxy) is 1. The summed E-state index contributed by atoms with van der Waals surface area (Å²) in [6, 6.07) is 19.5. The molecule has 3 aromatic rings. The number of esters is 1. The fourth-order valence-corrected chi connectivity index (χ4v) is 14.2. The Hall–Kier alpha value is -4.37. The second-order valence-electron chi connectivity index (χ2n) is 19.6. The number of para-hydroxylation sites is 1. The van der Waals surface area contributed by atoms with Crippen LogP contribution in [0.5, 0.6) is 5.75 Å². The van der Waals surface area contributed by atoms with Crippen LogP contribution in [0.4, 0.5) is 13.2 Å². The Balaban J connectivity index is 0.921. The van der Waals surface area contributed by atoms with Crippen LogP contribution in [-0.4, -0.2) is 112 Å². The number of nitrogens with zero attached hydrogens (tertiary/aromatic N) is 3. The Kier molecular flexibility index (Phi) is 13.7. The van der Waals surface area contributed by atoms with Crippen LogP contribution in [-0.2, 0) is 34.9 Å². The van der Waals surface area contributed by atoms with E-state index in [9.17, 15) is 32.5 Å². The summed E-state index contributed by atoms with van der Waals surface area (Å²) in [7, 11) is -2.60. The molecule has 3 amide bonds. The molecule has 0 bridgehead atoms. The number of rotatable bonds is 15. The third-order valence-corrected chi connectivity index (χ3v) is 18.4. The van der Waals surface area contributed by atoms with Gasteiger partial charge in [-0.3, -0.25) is 28.6 Å². The number of hydrogen-bond donors (Lipinski definition) is 2. The molecule has 3 aromatic carbocycles. The first-order chi connectivity index (χ1) is 32.1. The van der Waals surface area contributed by atoms with Crippen LogP contribution in [0.25, 0.3) is 0 Å². The summed E-state index contributed by atoms with van der Waals surface area (Å²) in [5.41, 5.74) is 1.66. The lowest BCUT2D eigenvalue weighted by Crippen LogP contribution is -2.60. The zero-order valence-electron chi connectivity index (χ0n) is 38.3. The van der Waals surface area contributed by atoms with Crippen LogP contribution < -0.4 is 14.9 Å². The largest absolute Gasteiger partial charge is 0.465 e. The minimum Gasteiger partial charge on any atom is -0.465 e. The van der Waals surface area contributed by atoms with E-state index < -0.39 is 48.7 Å². The number of nitrogens with one attached hydrogen (secondary N) is 2. The molecule has 9 rings (SSSR count). The van der Waals surface area contributed by atoms with Crippen molar-refractivity contribution in [1.29, 1.82) is 0 Å². The maximum Gasteiger partial charge on any atom is 0.355 e. The first-order valence-corrected chi connectivity index (χ1v) is 26.5. The normalized spacial score (nSPS) is 28.1. The van der Waals surface area contributed by atoms with Gasteiger partial charge < -0.3 is 24.4 Å². The minimum absolute atomic E-state index is 0.0349. The van der Waals surface area contributed by atoms with Gasteiger partial charge in [-0.25, -0.2) is 18.3 Å². The standard InChI is InChI=1S/C50H61F3N5O7PS/c1-4-23-64-48(62)31(2)55-66(63,65-39-13-9-6-10-14-39)44(51)33-15-20-42-34(24-33)25-43(67-42)45(59)54-40-18-16-36(56(3)38-28-50(52,53)29-38)26-37-17-19-41(58(37)46(40)60)47(61)57-30-35(27-49(57)21-22-49)32-11-7-5-8-12-32/h5-15,20,24,31,35-38,40-41,43-44H,4,16-19,21-23,25-30H2,1-3H3,(H,54,59)(H,55,63)/t31-,35+,36-,37+,40-,41-,43?,44-,66?/m0/s1. The molecule has 0 aromatic heterocycles. The average Bonchev–Trinajstić information content (AvgIpc) is 3.58. The molecule has 4 heterocycles. The minimum atomic E-state index is -4.48. The summed E-state index contributed by atoms with van der Waals surface area (Å²) in [5.74, 6) is -6.00. The number of amides is 3. The van der Waals surface area contributed by atoms with Crippen molar-refractivity contribution in [3.8, 4) is 5.75 Å². The van der Waals surface area contributed by atoms with Gasteiger partial charge in [-0.15, -0.1) is 11.8 Å². The molecule has 9 atom stereocenters. The lowest BCUT2D eigenvalue weighted by atomic mass is 9.84. The van der Waals surface area contributed by atoms with E-state index in [2.05, 4.69) is 22.5 Å². The Morgan fingerprint density at radius 3 is 2.36 bits per heavy atom. The van der Waals surface area contributed by atoms with Crippen LogP contribution in [0.15, 0.2) is 83.8 Å². The summed E-state index contributed by atoms with van der Waals surface area (Å²) in [4.78, 5) is 63.3. The fraction of sp³-hybridized carbons (Fsp3) is 0.560. The highest BCUT2D eigenvalue weighted by Gasteiger charge is 2.59. The van der Waals surface area contributed by atoms with Crippen LogP contribution in [0.3, 0.4) is 0 Å². The van der Waals surface area contributed by atoms with Crippen molar-refractivity contribution in [2.75, 3.05) is 20.2 Å². The monoisotopic (exact) mass is 963 g/mol. The SMILES string of the molecule is CCCOC(=O)[C@H](C)NP(=O)(Oc1ccccc1)[C@H](F)c1ccc2c(c1)CC(C(=O)N[C@H]1CC[C@H](N(C)C3CC(F)(F)C3)C[C@H]3CC[C@@H](C(=O)N4C[C@H](c5ccccc5)CC45CC5)N3C1=O)S2. The number of carbonyl (C=O) groups is 4. The number of likely N-dealkylation sites (tertiary alicyclic amines) is 1. The Morgan fingerprint density at radius 2 is 1.67 bits per heavy atom. The van der Waals surface area contributed by atoms with Crippen LogP contribution >= 0.6 is 19.3 Å². The number of alkyl halides is 3. The van der Waals surface area contributed by atoms with Crippen molar-refractivity contribution >= 4 is 43.0 Å². The smallest absolute Gasteiger partial charge is 0.355 e. The molecule has 5 fully saturated rings. The molecule has 67 heavy (non-hydrogen) atoms. The molecule has 17 heteroatoms. The lowest BCUT2D eigenvalue weighted by molar-refractivity contribution is -0.150. The van der Waals surface area contributed by atoms with Gasteiger partial charge in [-0.05, 0) is 113 Å². The third-order valence-electron chi connectivity index (χ3n) is 15.0. The molecule has 1 spiro atoms. The van der Waals surface area contributed by atoms with E-state index in [0.29, 0.717) is 44.2 Å². The van der Waals surface area contributed by atoms with Crippen molar-refractivity contribution in [3.05, 3.63) is 95.6 Å². The van der Waals surface area contributed by atoms with Gasteiger partial charge in [0.1, 0.15) is 23.9 Å². The van der Waals surface area contributed by atoms with Gasteiger partial charge in [-0.1, -0.05) is 67.6 Å². The van der Waals surface area contributed by atoms with Crippen molar-refractivity contribution in [2.45, 2.75) is 161 Å². The maximum absolute atomic E-state index is 16.7. The van der Waals surface area contributed by atoms with Crippen molar-refractivity contribution in [3.63, 3.8) is 0 Å². The van der Waals surface area contributed by atoms with E-state index in [1.54, 1.807) is 35.2 Å². The zero-order valence-corrected chi connectivity index (χ0v) is 40.0. The first-order valence-electron chi connectivity index (χ1n) is 23.9. The van der Waals surface area contributed by atoms with Gasteiger partial charge in [0, 0.05) is 53.9 Å². The highest BCUT2D eigenvalue weighted by molar-refractivity contribution is 8.01. The molecule has 2 aliphatic carbocycles. The Labute approximate surface area is 394 Å². The van der Waals surface area contributed by atoms with Crippen LogP contribution in [0, 0.1) is 0 Å². The number of halogens is 3. The number of carbonyl (C=O) groups excluding carboxylic acids is 4. The van der Waals surface area contributed by atoms with E-state index in [0.717, 1.165) is 24.2 Å². The fourth-order valence-electron chi connectivity index (χ4n) is 11.1. The predicted octanol–water partition coefficient (Wildman–Crippen LogP) is 8.55. The summed E-state index contributed by atoms with van der Waals surface area (Å²) in [6.45, 7) is 4.00. The van der Waals surface area contributed by atoms with Gasteiger partial charge in [-0.2, -0.15) is 0 Å². The highest BCUT2D eigenvalue weighted by atomic mass is 32.2. The number of hydrogen-bond acceptors (Lipinski definition) is 9. The molecular weight excluding hydrogens is 903 g/mol. The van der Waals surface area contributed by atoms with Gasteiger partial charge in [0.25, 0.3) is 5.92 Å². The van der Waals surface area contributed by atoms with E-state index in [-0.39, 0.29) is 90.9 Å². The average molecular weight is 964 g/mol. The van der Waals surface area contributed by atoms with Crippen molar-refractivity contribution < 1.29 is 46.2 Å². The number of fused-ring (bicyclic) bond motifs is 2. The quantitative estimate of drug-likeness (QED) is 0.113. The first kappa shape index (κ1) is 47.7. The van der Waals surface area contributed by atoms with Crippen molar-refractivity contribution in [1.82, 2.24) is 25.1 Å². The Morgan fingerprint density at radius 1 is 0.955 bits per heavy atom. The van der Waals surface area contributed by atoms with Crippen LogP contribution in [0.1, 0.15) is 113 Å². The second kappa shape index (κ2) is 19.2. The molecule has 360 valence electrons. The van der Waals surface area contributed by atoms with E-state index in [1.807, 2.05) is 42.0 Å². The Bertz CT molecular complexity index is 2370. The molecule has 4 aliphatic heterocycles. The molecule has 12 nitrogen and oxygen atoms in total. The summed E-state index contributed by atoms with van der Waals surface area (Å²) in [6.07, 6.45) is 5.46. The molecule has 6 aliphatic rings. The summed E-state index contributed by atoms with van der Waals surface area (Å²) in [5, 5.41) is 4.99. The highest BCUT2D eigenvalue weighted by Crippen LogP contribution is 2.59. The molecular formula is C50H61F3N5O7PS. The molecule has 2 unspecified atom stereocenters. The number of thioether (sulfide) groups is 1. The maximum atomic E-state index is 16.7. The molecule has 2 saturated carbocycles. The summed E-state index contributed by atoms with van der Waals surface area (Å²) >= 11 is 1.29.